The third-order valence-electron chi connectivity index (χ3n) is 2.47. The lowest BCUT2D eigenvalue weighted by Crippen LogP contribution is -2.47. The van der Waals surface area contributed by atoms with Crippen LogP contribution in [0.3, 0.4) is 0 Å². The first-order valence-electron chi connectivity index (χ1n) is 6.60. The second-order valence-corrected chi connectivity index (χ2v) is 9.25. The van der Waals surface area contributed by atoms with Gasteiger partial charge < -0.3 is 4.74 Å². The summed E-state index contributed by atoms with van der Waals surface area (Å²) in [5.74, 6) is -0.814. The summed E-state index contributed by atoms with van der Waals surface area (Å²) in [5, 5.41) is 0.647. The Morgan fingerprint density at radius 3 is 2.33 bits per heavy atom. The number of hydrogen-bond acceptors (Lipinski definition) is 6. The zero-order chi connectivity index (χ0) is 16.4. The van der Waals surface area contributed by atoms with Crippen molar-refractivity contribution in [2.24, 2.45) is 5.92 Å². The van der Waals surface area contributed by atoms with Crippen LogP contribution in [0.4, 0.5) is 0 Å². The Hall–Kier alpha value is -0.990. The monoisotopic (exact) mass is 334 g/mol. The number of nitrogens with one attached hydrogen (secondary N) is 1. The summed E-state index contributed by atoms with van der Waals surface area (Å²) < 4.78 is 32.3. The number of aryl methyl sites for hydroxylation is 1. The number of nitrogens with zero attached hydrogens (tertiary/aromatic N) is 1. The average molecular weight is 334 g/mol. The van der Waals surface area contributed by atoms with Crippen molar-refractivity contribution in [1.82, 2.24) is 9.71 Å². The first-order chi connectivity index (χ1) is 9.42. The topological polar surface area (TPSA) is 85.4 Å². The minimum Gasteiger partial charge on any atom is -0.459 e. The van der Waals surface area contributed by atoms with E-state index in [0.29, 0.717) is 5.01 Å². The normalized spacial score (nSPS) is 14.2. The van der Waals surface area contributed by atoms with Gasteiger partial charge in [-0.2, -0.15) is 4.72 Å². The van der Waals surface area contributed by atoms with Gasteiger partial charge >= 0.3 is 5.97 Å². The number of thiazole rings is 1. The number of aromatic nitrogens is 1. The molecule has 0 amide bonds. The van der Waals surface area contributed by atoms with Gasteiger partial charge in [-0.25, -0.2) is 13.4 Å². The van der Waals surface area contributed by atoms with Crippen molar-refractivity contribution in [3.8, 4) is 0 Å². The van der Waals surface area contributed by atoms with Gasteiger partial charge in [0, 0.05) is 0 Å². The Labute approximate surface area is 130 Å². The van der Waals surface area contributed by atoms with Crippen molar-refractivity contribution in [1.29, 1.82) is 0 Å². The van der Waals surface area contributed by atoms with E-state index >= 15 is 0 Å². The average Bonchev–Trinajstić information content (AvgIpc) is 2.70. The third kappa shape index (κ3) is 5.37. The molecule has 8 heteroatoms. The van der Waals surface area contributed by atoms with E-state index in [-0.39, 0.29) is 10.1 Å². The molecule has 1 atom stereocenters. The molecule has 0 aliphatic rings. The van der Waals surface area contributed by atoms with Crippen LogP contribution in [0, 0.1) is 12.8 Å². The van der Waals surface area contributed by atoms with Crippen molar-refractivity contribution in [3.05, 3.63) is 11.2 Å². The van der Waals surface area contributed by atoms with Gasteiger partial charge in [-0.15, -0.1) is 11.3 Å². The molecule has 1 aromatic heterocycles. The fourth-order valence-electron chi connectivity index (χ4n) is 1.51. The molecule has 6 nitrogen and oxygen atoms in total. The van der Waals surface area contributed by atoms with Gasteiger partial charge in [0.2, 0.25) is 0 Å². The first-order valence-corrected chi connectivity index (χ1v) is 8.90. The maximum absolute atomic E-state index is 12.3. The van der Waals surface area contributed by atoms with E-state index in [2.05, 4.69) is 9.71 Å². The maximum Gasteiger partial charge on any atom is 0.324 e. The molecule has 21 heavy (non-hydrogen) atoms. The number of esters is 1. The molecule has 1 heterocycles. The molecule has 0 fully saturated rings. The van der Waals surface area contributed by atoms with Crippen molar-refractivity contribution in [3.63, 3.8) is 0 Å². The van der Waals surface area contributed by atoms with Crippen LogP contribution >= 0.6 is 11.3 Å². The molecular weight excluding hydrogens is 312 g/mol. The van der Waals surface area contributed by atoms with Gasteiger partial charge in [-0.1, -0.05) is 13.8 Å². The van der Waals surface area contributed by atoms with Crippen molar-refractivity contribution in [2.45, 2.75) is 57.4 Å². The van der Waals surface area contributed by atoms with E-state index in [1.807, 2.05) is 0 Å². The molecule has 0 radical (unpaired) electrons. The molecule has 1 aromatic rings. The third-order valence-corrected chi connectivity index (χ3v) is 5.29. The zero-order valence-electron chi connectivity index (χ0n) is 13.1. The second kappa shape index (κ2) is 6.41. The van der Waals surface area contributed by atoms with Gasteiger partial charge in [0.05, 0.1) is 11.2 Å². The fraction of sp³-hybridized carbons (Fsp3) is 0.692. The molecule has 0 aromatic carbocycles. The largest absolute Gasteiger partial charge is 0.459 e. The van der Waals surface area contributed by atoms with E-state index < -0.39 is 27.6 Å². The predicted molar refractivity (Wildman–Crippen MR) is 81.6 cm³/mol. The number of carbonyl (C=O) groups is 1. The molecule has 0 saturated heterocycles. The smallest absolute Gasteiger partial charge is 0.324 e. The molecule has 0 aliphatic heterocycles. The summed E-state index contributed by atoms with van der Waals surface area (Å²) in [6, 6.07) is -0.934. The number of hydrogen-bond donors (Lipinski definition) is 1. The molecule has 120 valence electrons. The minimum atomic E-state index is -3.78. The van der Waals surface area contributed by atoms with Gasteiger partial charge in [-0.3, -0.25) is 4.79 Å². The minimum absolute atomic E-state index is 0.0919. The lowest BCUT2D eigenvalue weighted by atomic mass is 10.1. The van der Waals surface area contributed by atoms with Gasteiger partial charge in [0.1, 0.15) is 11.6 Å². The molecular formula is C13H22N2O4S2. The quantitative estimate of drug-likeness (QED) is 0.834. The van der Waals surface area contributed by atoms with E-state index in [1.165, 1.54) is 6.20 Å². The van der Waals surface area contributed by atoms with Crippen LogP contribution in [0.15, 0.2) is 10.4 Å². The SMILES string of the molecule is Cc1ncc(S(=O)(=O)N[C@@H](C(=O)OC(C)(C)C)C(C)C)s1. The van der Waals surface area contributed by atoms with Crippen LogP contribution in [-0.2, 0) is 19.6 Å². The van der Waals surface area contributed by atoms with Crippen molar-refractivity contribution >= 4 is 27.3 Å². The summed E-state index contributed by atoms with van der Waals surface area (Å²) >= 11 is 1.06. The van der Waals surface area contributed by atoms with Crippen LogP contribution in [0.2, 0.25) is 0 Å². The second-order valence-electron chi connectivity index (χ2n) is 6.07. The van der Waals surface area contributed by atoms with Crippen LogP contribution in [0.25, 0.3) is 0 Å². The Bertz CT molecular complexity index is 600. The molecule has 0 unspecified atom stereocenters. The Balaban J connectivity index is 2.96. The molecule has 0 aliphatic carbocycles. The van der Waals surface area contributed by atoms with Crippen LogP contribution in [0.5, 0.6) is 0 Å². The first kappa shape index (κ1) is 18.1. The fourth-order valence-corrected chi connectivity index (χ4v) is 3.97. The molecule has 1 rings (SSSR count). The molecule has 0 bridgehead atoms. The standard InChI is InChI=1S/C13H22N2O4S2/c1-8(2)11(12(16)19-13(4,5)6)15-21(17,18)10-7-14-9(3)20-10/h7-8,11,15H,1-6H3/t11-/m1/s1. The number of rotatable bonds is 5. The highest BCUT2D eigenvalue weighted by molar-refractivity contribution is 7.91. The number of sulfonamides is 1. The van der Waals surface area contributed by atoms with Crippen LogP contribution in [-0.4, -0.2) is 31.0 Å². The Morgan fingerprint density at radius 1 is 1.38 bits per heavy atom. The number of ether oxygens (including phenoxy) is 1. The summed E-state index contributed by atoms with van der Waals surface area (Å²) in [5.41, 5.74) is -0.670. The highest BCUT2D eigenvalue weighted by Crippen LogP contribution is 2.20. The lowest BCUT2D eigenvalue weighted by molar-refractivity contribution is -0.158. The molecule has 0 saturated carbocycles. The van der Waals surface area contributed by atoms with Gasteiger partial charge in [-0.05, 0) is 33.6 Å². The lowest BCUT2D eigenvalue weighted by Gasteiger charge is -2.26. The van der Waals surface area contributed by atoms with E-state index in [9.17, 15) is 13.2 Å². The van der Waals surface area contributed by atoms with Crippen LogP contribution < -0.4 is 4.72 Å². The summed E-state index contributed by atoms with van der Waals surface area (Å²) in [6.45, 7) is 10.5. The molecule has 1 N–H and O–H groups in total. The van der Waals surface area contributed by atoms with Gasteiger partial charge in [0.25, 0.3) is 10.0 Å². The Morgan fingerprint density at radius 2 is 1.95 bits per heavy atom. The van der Waals surface area contributed by atoms with E-state index in [1.54, 1.807) is 41.5 Å². The number of carbonyl (C=O) groups excluding carboxylic acids is 1. The highest BCUT2D eigenvalue weighted by atomic mass is 32.2. The van der Waals surface area contributed by atoms with Crippen molar-refractivity contribution < 1.29 is 17.9 Å². The van der Waals surface area contributed by atoms with E-state index in [4.69, 9.17) is 4.74 Å². The molecule has 0 spiro atoms. The van der Waals surface area contributed by atoms with Crippen LogP contribution in [0.1, 0.15) is 39.6 Å². The van der Waals surface area contributed by atoms with Gasteiger partial charge in [0.15, 0.2) is 4.21 Å². The summed E-state index contributed by atoms with van der Waals surface area (Å²) in [4.78, 5) is 16.1. The highest BCUT2D eigenvalue weighted by Gasteiger charge is 2.32. The zero-order valence-corrected chi connectivity index (χ0v) is 14.8. The Kier molecular flexibility index (Phi) is 5.51. The predicted octanol–water partition coefficient (Wildman–Crippen LogP) is 2.10. The van der Waals surface area contributed by atoms with Crippen molar-refractivity contribution in [2.75, 3.05) is 0 Å². The van der Waals surface area contributed by atoms with E-state index in [0.717, 1.165) is 11.3 Å². The summed E-state index contributed by atoms with van der Waals surface area (Å²) in [6.07, 6.45) is 1.29. The summed E-state index contributed by atoms with van der Waals surface area (Å²) in [7, 11) is -3.78. The maximum atomic E-state index is 12.3.